The van der Waals surface area contributed by atoms with Crippen molar-refractivity contribution in [1.29, 1.82) is 5.26 Å². The van der Waals surface area contributed by atoms with Crippen LogP contribution in [-0.2, 0) is 11.3 Å². The van der Waals surface area contributed by atoms with Crippen molar-refractivity contribution in [3.63, 3.8) is 0 Å². The van der Waals surface area contributed by atoms with E-state index in [9.17, 15) is 10.1 Å². The molecule has 3 aromatic rings. The maximum atomic E-state index is 12.6. The topological polar surface area (TPSA) is 67.0 Å². The number of hydrogen-bond donors (Lipinski definition) is 1. The van der Waals surface area contributed by atoms with Crippen LogP contribution in [-0.4, -0.2) is 17.6 Å². The minimum atomic E-state index is -0.415. The number of methoxy groups -OCH3 is 1. The number of benzene rings is 2. The minimum absolute atomic E-state index is 0.0524. The highest BCUT2D eigenvalue weighted by atomic mass is 35.5. The number of amides is 1. The zero-order chi connectivity index (χ0) is 22.5. The highest BCUT2D eigenvalue weighted by Gasteiger charge is 2.15. The number of nitriles is 1. The van der Waals surface area contributed by atoms with Gasteiger partial charge in [-0.1, -0.05) is 29.8 Å². The predicted molar refractivity (Wildman–Crippen MR) is 123 cm³/mol. The van der Waals surface area contributed by atoms with Crippen LogP contribution in [0.4, 0.5) is 0 Å². The van der Waals surface area contributed by atoms with Crippen molar-refractivity contribution in [2.75, 3.05) is 7.11 Å². The Morgan fingerprint density at radius 3 is 2.52 bits per heavy atom. The van der Waals surface area contributed by atoms with Crippen LogP contribution in [0.2, 0.25) is 5.02 Å². The van der Waals surface area contributed by atoms with Gasteiger partial charge in [-0.05, 0) is 73.9 Å². The molecule has 0 fully saturated rings. The van der Waals surface area contributed by atoms with Crippen LogP contribution in [0.5, 0.6) is 5.75 Å². The van der Waals surface area contributed by atoms with Gasteiger partial charge in [0, 0.05) is 28.6 Å². The number of ether oxygens (including phenoxy) is 1. The number of nitrogens with zero attached hydrogens (tertiary/aromatic N) is 2. The van der Waals surface area contributed by atoms with E-state index in [2.05, 4.69) is 9.88 Å². The maximum absolute atomic E-state index is 12.6. The Labute approximate surface area is 187 Å². The number of carbonyl (C=O) groups is 1. The molecule has 0 saturated heterocycles. The van der Waals surface area contributed by atoms with Crippen LogP contribution in [0, 0.1) is 32.1 Å². The second kappa shape index (κ2) is 9.55. The summed E-state index contributed by atoms with van der Waals surface area (Å²) in [6.07, 6.45) is 1.63. The van der Waals surface area contributed by atoms with Crippen molar-refractivity contribution in [2.24, 2.45) is 0 Å². The van der Waals surface area contributed by atoms with Crippen LogP contribution in [0.15, 0.2) is 54.1 Å². The molecule has 3 rings (SSSR count). The summed E-state index contributed by atoms with van der Waals surface area (Å²) in [5.74, 6) is 0.333. The molecule has 1 aromatic heterocycles. The molecule has 6 heteroatoms. The smallest absolute Gasteiger partial charge is 0.262 e. The van der Waals surface area contributed by atoms with Gasteiger partial charge in [0.05, 0.1) is 7.11 Å². The third kappa shape index (κ3) is 4.99. The summed E-state index contributed by atoms with van der Waals surface area (Å²) >= 11 is 6.20. The van der Waals surface area contributed by atoms with Gasteiger partial charge in [0.1, 0.15) is 17.4 Å². The highest BCUT2D eigenvalue weighted by molar-refractivity contribution is 6.30. The van der Waals surface area contributed by atoms with Crippen molar-refractivity contribution in [3.8, 4) is 17.5 Å². The third-order valence-electron chi connectivity index (χ3n) is 5.16. The Morgan fingerprint density at radius 1 is 1.16 bits per heavy atom. The van der Waals surface area contributed by atoms with Crippen molar-refractivity contribution in [3.05, 3.63) is 87.2 Å². The molecule has 0 aliphatic carbocycles. The summed E-state index contributed by atoms with van der Waals surface area (Å²) < 4.78 is 7.22. The van der Waals surface area contributed by atoms with E-state index in [0.29, 0.717) is 11.6 Å². The van der Waals surface area contributed by atoms with E-state index in [1.165, 1.54) is 0 Å². The summed E-state index contributed by atoms with van der Waals surface area (Å²) in [6.45, 7) is 6.29. The number of aromatic nitrogens is 1. The number of nitrogens with one attached hydrogen (secondary N) is 1. The molecule has 31 heavy (non-hydrogen) atoms. The summed E-state index contributed by atoms with van der Waals surface area (Å²) in [5, 5.41) is 13.0. The lowest BCUT2D eigenvalue weighted by molar-refractivity contribution is -0.117. The van der Waals surface area contributed by atoms with Gasteiger partial charge >= 0.3 is 0 Å². The Bertz CT molecular complexity index is 1180. The monoisotopic (exact) mass is 433 g/mol. The molecular formula is C25H24ClN3O2. The van der Waals surface area contributed by atoms with E-state index < -0.39 is 5.91 Å². The van der Waals surface area contributed by atoms with Crippen LogP contribution in [0.1, 0.15) is 28.1 Å². The first-order chi connectivity index (χ1) is 14.8. The molecule has 158 valence electrons. The molecule has 0 spiro atoms. The first-order valence-corrected chi connectivity index (χ1v) is 10.2. The van der Waals surface area contributed by atoms with Crippen LogP contribution >= 0.6 is 11.6 Å². The minimum Gasteiger partial charge on any atom is -0.497 e. The zero-order valence-corrected chi connectivity index (χ0v) is 18.7. The normalized spacial score (nSPS) is 11.2. The molecule has 0 aliphatic heterocycles. The van der Waals surface area contributed by atoms with Crippen molar-refractivity contribution in [1.82, 2.24) is 9.88 Å². The molecule has 1 amide bonds. The fourth-order valence-corrected chi connectivity index (χ4v) is 3.62. The fourth-order valence-electron chi connectivity index (χ4n) is 3.45. The van der Waals surface area contributed by atoms with E-state index in [-0.39, 0.29) is 5.57 Å². The second-order valence-electron chi connectivity index (χ2n) is 7.29. The highest BCUT2D eigenvalue weighted by Crippen LogP contribution is 2.27. The Kier molecular flexibility index (Phi) is 6.84. The largest absolute Gasteiger partial charge is 0.497 e. The Balaban J connectivity index is 1.84. The molecule has 0 unspecified atom stereocenters. The third-order valence-corrected chi connectivity index (χ3v) is 5.39. The lowest BCUT2D eigenvalue weighted by Crippen LogP contribution is -2.23. The van der Waals surface area contributed by atoms with Gasteiger partial charge in [-0.2, -0.15) is 5.26 Å². The number of halogens is 1. The number of hydrogen-bond acceptors (Lipinski definition) is 3. The molecule has 0 radical (unpaired) electrons. The zero-order valence-electron chi connectivity index (χ0n) is 18.0. The van der Waals surface area contributed by atoms with Gasteiger partial charge in [-0.15, -0.1) is 0 Å². The Hall–Kier alpha value is -3.49. The molecule has 2 aromatic carbocycles. The quantitative estimate of drug-likeness (QED) is 0.424. The molecular weight excluding hydrogens is 410 g/mol. The SMILES string of the molecule is COc1ccc(CNC(=O)/C(C#N)=C\c2cc(C)n(-c3cc(Cl)ccc3C)c2C)cc1. The van der Waals surface area contributed by atoms with Crippen molar-refractivity contribution < 1.29 is 9.53 Å². The van der Waals surface area contributed by atoms with Gasteiger partial charge in [0.25, 0.3) is 5.91 Å². The number of aryl methyl sites for hydroxylation is 2. The lowest BCUT2D eigenvalue weighted by atomic mass is 10.1. The average Bonchev–Trinajstić information content (AvgIpc) is 3.05. The summed E-state index contributed by atoms with van der Waals surface area (Å²) in [6, 6.07) is 17.1. The molecule has 0 saturated carbocycles. The number of carbonyl (C=O) groups excluding carboxylic acids is 1. The van der Waals surface area contributed by atoms with Crippen molar-refractivity contribution in [2.45, 2.75) is 27.3 Å². The average molecular weight is 434 g/mol. The van der Waals surface area contributed by atoms with Crippen LogP contribution in [0.25, 0.3) is 11.8 Å². The first-order valence-electron chi connectivity index (χ1n) is 9.82. The van der Waals surface area contributed by atoms with Crippen LogP contribution < -0.4 is 10.1 Å². The van der Waals surface area contributed by atoms with E-state index in [1.807, 2.05) is 75.4 Å². The standard InChI is InChI=1S/C25H24ClN3O2/c1-16-5-8-22(26)13-24(16)29-17(2)11-20(18(29)3)12-21(14-27)25(30)28-15-19-6-9-23(31-4)10-7-19/h5-13H,15H2,1-4H3,(H,28,30)/b21-12-. The maximum Gasteiger partial charge on any atom is 0.262 e. The second-order valence-corrected chi connectivity index (χ2v) is 7.73. The van der Waals surface area contributed by atoms with Gasteiger partial charge in [0.15, 0.2) is 0 Å². The molecule has 5 nitrogen and oxygen atoms in total. The summed E-state index contributed by atoms with van der Waals surface area (Å²) in [7, 11) is 1.60. The fraction of sp³-hybridized carbons (Fsp3) is 0.200. The molecule has 1 N–H and O–H groups in total. The van der Waals surface area contributed by atoms with Gasteiger partial charge in [-0.3, -0.25) is 4.79 Å². The van der Waals surface area contributed by atoms with E-state index in [4.69, 9.17) is 16.3 Å². The lowest BCUT2D eigenvalue weighted by Gasteiger charge is -2.13. The molecule has 0 atom stereocenters. The first kappa shape index (κ1) is 22.2. The Morgan fingerprint density at radius 2 is 1.87 bits per heavy atom. The predicted octanol–water partition coefficient (Wildman–Crippen LogP) is 5.29. The van der Waals surface area contributed by atoms with Gasteiger partial charge < -0.3 is 14.6 Å². The van der Waals surface area contributed by atoms with Crippen LogP contribution in [0.3, 0.4) is 0 Å². The number of rotatable bonds is 6. The summed E-state index contributed by atoms with van der Waals surface area (Å²) in [5.41, 5.74) is 5.76. The van der Waals surface area contributed by atoms with E-state index in [1.54, 1.807) is 13.2 Å². The van der Waals surface area contributed by atoms with E-state index in [0.717, 1.165) is 39.5 Å². The van der Waals surface area contributed by atoms with Gasteiger partial charge in [-0.25, -0.2) is 0 Å². The summed E-state index contributed by atoms with van der Waals surface area (Å²) in [4.78, 5) is 12.6. The molecule has 1 heterocycles. The molecule has 0 bridgehead atoms. The van der Waals surface area contributed by atoms with Gasteiger partial charge in [0.2, 0.25) is 0 Å². The van der Waals surface area contributed by atoms with Crippen molar-refractivity contribution >= 4 is 23.6 Å². The van der Waals surface area contributed by atoms with E-state index >= 15 is 0 Å². The molecule has 0 aliphatic rings.